The Labute approximate surface area is 492 Å². The van der Waals surface area contributed by atoms with Crippen LogP contribution in [-0.2, 0) is 28.6 Å². The Morgan fingerprint density at radius 3 is 0.709 bits per heavy atom. The summed E-state index contributed by atoms with van der Waals surface area (Å²) in [7, 11) is 0. The lowest BCUT2D eigenvalue weighted by atomic mass is 10.0. The fraction of sp³-hybridized carbons (Fsp3) is 0.849. The summed E-state index contributed by atoms with van der Waals surface area (Å²) in [6.45, 7) is 6.68. The summed E-state index contributed by atoms with van der Waals surface area (Å²) < 4.78 is 17.0. The van der Waals surface area contributed by atoms with Gasteiger partial charge in [-0.3, -0.25) is 14.4 Å². The first-order valence-electron chi connectivity index (χ1n) is 35.1. The molecule has 1 unspecified atom stereocenters. The van der Waals surface area contributed by atoms with E-state index in [-0.39, 0.29) is 31.1 Å². The highest BCUT2D eigenvalue weighted by Gasteiger charge is 2.19. The molecule has 1 atom stereocenters. The molecule has 0 radical (unpaired) electrons. The van der Waals surface area contributed by atoms with Crippen molar-refractivity contribution in [1.82, 2.24) is 0 Å². The molecule has 0 aromatic carbocycles. The summed E-state index contributed by atoms with van der Waals surface area (Å²) >= 11 is 0. The highest BCUT2D eigenvalue weighted by Crippen LogP contribution is 2.18. The van der Waals surface area contributed by atoms with Crippen LogP contribution in [0, 0.1) is 0 Å². The second kappa shape index (κ2) is 67.9. The second-order valence-electron chi connectivity index (χ2n) is 23.8. The van der Waals surface area contributed by atoms with Gasteiger partial charge in [0.1, 0.15) is 13.2 Å². The van der Waals surface area contributed by atoms with Gasteiger partial charge >= 0.3 is 17.9 Å². The molecule has 462 valence electrons. The minimum absolute atomic E-state index is 0.0733. The van der Waals surface area contributed by atoms with Gasteiger partial charge in [-0.1, -0.05) is 326 Å². The predicted octanol–water partition coefficient (Wildman–Crippen LogP) is 24.1. The molecule has 79 heavy (non-hydrogen) atoms. The van der Waals surface area contributed by atoms with Crippen LogP contribution < -0.4 is 0 Å². The minimum atomic E-state index is -0.779. The largest absolute Gasteiger partial charge is 0.462 e. The highest BCUT2D eigenvalue weighted by atomic mass is 16.6. The fourth-order valence-electron chi connectivity index (χ4n) is 10.5. The monoisotopic (exact) mass is 1110 g/mol. The summed E-state index contributed by atoms with van der Waals surface area (Å²) in [6.07, 6.45) is 85.5. The van der Waals surface area contributed by atoms with Crippen LogP contribution in [0.4, 0.5) is 0 Å². The highest BCUT2D eigenvalue weighted by molar-refractivity contribution is 5.71. The van der Waals surface area contributed by atoms with Crippen LogP contribution in [0.5, 0.6) is 0 Å². The number of carbonyl (C=O) groups is 3. The number of allylic oxidation sites excluding steroid dienone is 8. The first-order valence-corrected chi connectivity index (χ1v) is 35.1. The van der Waals surface area contributed by atoms with Gasteiger partial charge in [0.25, 0.3) is 0 Å². The fourth-order valence-corrected chi connectivity index (χ4v) is 10.5. The third-order valence-corrected chi connectivity index (χ3v) is 15.8. The van der Waals surface area contributed by atoms with Crippen LogP contribution in [0.2, 0.25) is 0 Å². The van der Waals surface area contributed by atoms with Crippen LogP contribution in [0.3, 0.4) is 0 Å². The molecule has 0 heterocycles. The molecular formula is C73H134O6. The number of hydrogen-bond acceptors (Lipinski definition) is 6. The molecule has 0 amide bonds. The third kappa shape index (κ3) is 66.1. The average molecular weight is 1110 g/mol. The van der Waals surface area contributed by atoms with Crippen molar-refractivity contribution in [3.63, 3.8) is 0 Å². The lowest BCUT2D eigenvalue weighted by molar-refractivity contribution is -0.167. The first-order chi connectivity index (χ1) is 39.0. The van der Waals surface area contributed by atoms with Gasteiger partial charge in [0.2, 0.25) is 0 Å². The van der Waals surface area contributed by atoms with E-state index in [1.165, 1.54) is 263 Å². The summed E-state index contributed by atoms with van der Waals surface area (Å²) in [4.78, 5) is 38.5. The predicted molar refractivity (Wildman–Crippen MR) is 344 cm³/mol. The molecule has 0 aliphatic rings. The second-order valence-corrected chi connectivity index (χ2v) is 23.8. The molecule has 0 saturated carbocycles. The molecule has 0 saturated heterocycles. The molecule has 0 aromatic rings. The molecule has 0 spiro atoms. The average Bonchev–Trinajstić information content (AvgIpc) is 3.45. The molecule has 0 rings (SSSR count). The first kappa shape index (κ1) is 76.4. The van der Waals surface area contributed by atoms with Crippen LogP contribution in [0.15, 0.2) is 48.6 Å². The van der Waals surface area contributed by atoms with Crippen molar-refractivity contribution in [2.75, 3.05) is 13.2 Å². The van der Waals surface area contributed by atoms with Gasteiger partial charge in [-0.2, -0.15) is 0 Å². The van der Waals surface area contributed by atoms with Crippen LogP contribution in [0.25, 0.3) is 0 Å². The summed E-state index contributed by atoms with van der Waals surface area (Å²) in [5.74, 6) is -0.859. The van der Waals surface area contributed by atoms with E-state index in [2.05, 4.69) is 69.4 Å². The van der Waals surface area contributed by atoms with E-state index in [0.29, 0.717) is 19.3 Å². The van der Waals surface area contributed by atoms with Crippen molar-refractivity contribution < 1.29 is 28.6 Å². The van der Waals surface area contributed by atoms with Gasteiger partial charge < -0.3 is 14.2 Å². The van der Waals surface area contributed by atoms with Crippen molar-refractivity contribution in [2.45, 2.75) is 386 Å². The normalized spacial score (nSPS) is 12.3. The maximum atomic E-state index is 13.0. The Kier molecular flexibility index (Phi) is 65.6. The van der Waals surface area contributed by atoms with Gasteiger partial charge in [0.05, 0.1) is 0 Å². The van der Waals surface area contributed by atoms with Gasteiger partial charge in [0.15, 0.2) is 6.10 Å². The zero-order valence-corrected chi connectivity index (χ0v) is 53.2. The van der Waals surface area contributed by atoms with E-state index in [1.54, 1.807) is 0 Å². The van der Waals surface area contributed by atoms with E-state index < -0.39 is 6.10 Å². The van der Waals surface area contributed by atoms with E-state index in [0.717, 1.165) is 77.0 Å². The molecule has 0 aromatic heterocycles. The number of rotatable bonds is 65. The van der Waals surface area contributed by atoms with Crippen LogP contribution in [0.1, 0.15) is 380 Å². The standard InChI is InChI=1S/C73H134O6/c1-4-7-10-13-16-19-22-25-28-31-34-36-38-39-42-45-48-51-54-57-60-63-66-72(75)78-69-70(68-77-71(74)65-62-59-56-53-50-47-44-41-33-30-27-24-21-18-15-12-9-6-3)79-73(76)67-64-61-58-55-52-49-46-43-40-37-35-32-29-26-23-20-17-14-11-8-5-2/h21,23-24,26,30,32-33,35,70H,4-20,22,25,27-29,31,34,36-69H2,1-3H3/b24-21-,26-23-,33-30-,35-32-. The maximum absolute atomic E-state index is 13.0. The van der Waals surface area contributed by atoms with Gasteiger partial charge in [-0.05, 0) is 83.5 Å². The van der Waals surface area contributed by atoms with E-state index in [9.17, 15) is 14.4 Å². The summed E-state index contributed by atoms with van der Waals surface area (Å²) in [6, 6.07) is 0. The van der Waals surface area contributed by atoms with E-state index in [1.807, 2.05) is 0 Å². The van der Waals surface area contributed by atoms with Gasteiger partial charge in [-0.15, -0.1) is 0 Å². The molecule has 6 heteroatoms. The number of carbonyl (C=O) groups excluding carboxylic acids is 3. The Balaban J connectivity index is 4.34. The Morgan fingerprint density at radius 2 is 0.456 bits per heavy atom. The van der Waals surface area contributed by atoms with Crippen molar-refractivity contribution in [1.29, 1.82) is 0 Å². The van der Waals surface area contributed by atoms with Crippen molar-refractivity contribution in [2.24, 2.45) is 0 Å². The molecule has 0 fully saturated rings. The van der Waals surface area contributed by atoms with Crippen molar-refractivity contribution in [3.8, 4) is 0 Å². The van der Waals surface area contributed by atoms with Gasteiger partial charge in [0, 0.05) is 19.3 Å². The Morgan fingerprint density at radius 1 is 0.253 bits per heavy atom. The lowest BCUT2D eigenvalue weighted by Gasteiger charge is -2.18. The van der Waals surface area contributed by atoms with Crippen LogP contribution in [-0.4, -0.2) is 37.2 Å². The number of ether oxygens (including phenoxy) is 3. The van der Waals surface area contributed by atoms with E-state index >= 15 is 0 Å². The number of hydrogen-bond donors (Lipinski definition) is 0. The molecule has 0 bridgehead atoms. The smallest absolute Gasteiger partial charge is 0.306 e. The Hall–Kier alpha value is -2.63. The van der Waals surface area contributed by atoms with Crippen molar-refractivity contribution >= 4 is 17.9 Å². The molecule has 0 aliphatic heterocycles. The SMILES string of the molecule is CCCCCC/C=C\C/C=C\CCCCCCCCCC(=O)OCC(COC(=O)CCCCCCCCCCCCCCCCCCCCCCCC)OC(=O)CCCCCCCCCCC/C=C\C/C=C\CCCCCCC. The maximum Gasteiger partial charge on any atom is 0.306 e. The molecule has 0 aliphatic carbocycles. The van der Waals surface area contributed by atoms with Crippen LogP contribution >= 0.6 is 0 Å². The minimum Gasteiger partial charge on any atom is -0.462 e. The molecule has 6 nitrogen and oxygen atoms in total. The Bertz CT molecular complexity index is 1360. The van der Waals surface area contributed by atoms with Crippen molar-refractivity contribution in [3.05, 3.63) is 48.6 Å². The lowest BCUT2D eigenvalue weighted by Crippen LogP contribution is -2.30. The zero-order valence-electron chi connectivity index (χ0n) is 53.2. The topological polar surface area (TPSA) is 78.9 Å². The summed E-state index contributed by atoms with van der Waals surface area (Å²) in [5, 5.41) is 0. The summed E-state index contributed by atoms with van der Waals surface area (Å²) in [5.41, 5.74) is 0. The molecular weight excluding hydrogens is 973 g/mol. The molecule has 0 N–H and O–H groups in total. The number of esters is 3. The zero-order chi connectivity index (χ0) is 57.1. The van der Waals surface area contributed by atoms with E-state index in [4.69, 9.17) is 14.2 Å². The van der Waals surface area contributed by atoms with Gasteiger partial charge in [-0.25, -0.2) is 0 Å². The third-order valence-electron chi connectivity index (χ3n) is 15.8. The quantitative estimate of drug-likeness (QED) is 0.0261. The number of unbranched alkanes of at least 4 members (excludes halogenated alkanes) is 46.